The summed E-state index contributed by atoms with van der Waals surface area (Å²) in [6, 6.07) is 5.96. The quantitative estimate of drug-likeness (QED) is 0.609. The van der Waals surface area contributed by atoms with Crippen molar-refractivity contribution in [3.05, 3.63) is 26.2 Å². The molecule has 1 rings (SSSR count). The third-order valence-electron chi connectivity index (χ3n) is 1.39. The molecule has 0 aromatic heterocycles. The summed E-state index contributed by atoms with van der Waals surface area (Å²) in [6.07, 6.45) is 0. The summed E-state index contributed by atoms with van der Waals surface area (Å²) in [5.74, 6) is 0.871. The Morgan fingerprint density at radius 3 is 2.69 bits per heavy atom. The normalized spacial score (nSPS) is 10.1. The number of hydrogen-bond donors (Lipinski definition) is 0. The van der Waals surface area contributed by atoms with Crippen molar-refractivity contribution >= 4 is 38.5 Å². The van der Waals surface area contributed by atoms with Crippen LogP contribution in [-0.2, 0) is 4.74 Å². The second-order valence-electron chi connectivity index (χ2n) is 2.45. The molecule has 0 fully saturated rings. The van der Waals surface area contributed by atoms with Crippen LogP contribution in [0.4, 0.5) is 0 Å². The average molecular weight is 357 g/mol. The first-order chi connectivity index (χ1) is 6.22. The molecule has 0 saturated carbocycles. The summed E-state index contributed by atoms with van der Waals surface area (Å²) < 4.78 is 12.5. The number of halogens is 2. The zero-order valence-corrected chi connectivity index (χ0v) is 11.0. The highest BCUT2D eigenvalue weighted by molar-refractivity contribution is 14.1. The molecule has 0 unspecified atom stereocenters. The van der Waals surface area contributed by atoms with Gasteiger partial charge in [0.1, 0.15) is 12.4 Å². The van der Waals surface area contributed by atoms with Gasteiger partial charge in [0.05, 0.1) is 6.61 Å². The van der Waals surface area contributed by atoms with Crippen molar-refractivity contribution in [1.29, 1.82) is 0 Å². The molecule has 13 heavy (non-hydrogen) atoms. The molecule has 0 N–H and O–H groups in total. The Hall–Kier alpha value is 0.190. The van der Waals surface area contributed by atoms with Crippen LogP contribution in [0.2, 0.25) is 0 Å². The summed E-state index contributed by atoms with van der Waals surface area (Å²) >= 11 is 5.66. The molecule has 0 bridgehead atoms. The fourth-order valence-electron chi connectivity index (χ4n) is 0.855. The van der Waals surface area contributed by atoms with Crippen LogP contribution in [0.3, 0.4) is 0 Å². The lowest BCUT2D eigenvalue weighted by molar-refractivity contribution is 0.146. The molecule has 1 aromatic rings. The molecular weight excluding hydrogens is 347 g/mol. The molecule has 2 nitrogen and oxygen atoms in total. The summed E-state index contributed by atoms with van der Waals surface area (Å²) in [7, 11) is 1.66. The van der Waals surface area contributed by atoms with Crippen LogP contribution in [0.5, 0.6) is 5.75 Å². The minimum absolute atomic E-state index is 0.586. The van der Waals surface area contributed by atoms with Gasteiger partial charge in [0.15, 0.2) is 0 Å². The van der Waals surface area contributed by atoms with E-state index in [-0.39, 0.29) is 0 Å². The minimum atomic E-state index is 0.586. The number of benzene rings is 1. The topological polar surface area (TPSA) is 18.5 Å². The van der Waals surface area contributed by atoms with Crippen molar-refractivity contribution in [2.45, 2.75) is 0 Å². The predicted octanol–water partition coefficient (Wildman–Crippen LogP) is 3.08. The van der Waals surface area contributed by atoms with Gasteiger partial charge < -0.3 is 9.47 Å². The van der Waals surface area contributed by atoms with E-state index in [1.54, 1.807) is 7.11 Å². The van der Waals surface area contributed by atoms with E-state index in [9.17, 15) is 0 Å². The standard InChI is InChI=1S/C9H10BrIO2/c1-12-2-3-13-9-5-7(10)4-8(11)6-9/h4-6H,2-3H2,1H3. The molecule has 0 aliphatic heterocycles. The fourth-order valence-corrected chi connectivity index (χ4v) is 2.40. The van der Waals surface area contributed by atoms with E-state index in [0.717, 1.165) is 13.8 Å². The maximum absolute atomic E-state index is 5.45. The van der Waals surface area contributed by atoms with Crippen molar-refractivity contribution < 1.29 is 9.47 Å². The van der Waals surface area contributed by atoms with E-state index in [0.29, 0.717) is 13.2 Å². The van der Waals surface area contributed by atoms with Gasteiger partial charge in [-0.1, -0.05) is 15.9 Å². The lowest BCUT2D eigenvalue weighted by Crippen LogP contribution is -2.04. The molecule has 0 spiro atoms. The first-order valence-corrected chi connectivity index (χ1v) is 5.67. The highest BCUT2D eigenvalue weighted by atomic mass is 127. The minimum Gasteiger partial charge on any atom is -0.491 e. The van der Waals surface area contributed by atoms with Crippen LogP contribution >= 0.6 is 38.5 Å². The van der Waals surface area contributed by atoms with E-state index in [1.165, 1.54) is 0 Å². The fraction of sp³-hybridized carbons (Fsp3) is 0.333. The maximum atomic E-state index is 5.45. The first-order valence-electron chi connectivity index (χ1n) is 3.80. The van der Waals surface area contributed by atoms with E-state index in [1.807, 2.05) is 18.2 Å². The van der Waals surface area contributed by atoms with Crippen molar-refractivity contribution in [2.75, 3.05) is 20.3 Å². The summed E-state index contributed by atoms with van der Waals surface area (Å²) in [4.78, 5) is 0. The van der Waals surface area contributed by atoms with Gasteiger partial charge in [-0.05, 0) is 40.8 Å². The van der Waals surface area contributed by atoms with Crippen molar-refractivity contribution in [2.24, 2.45) is 0 Å². The summed E-state index contributed by atoms with van der Waals surface area (Å²) in [6.45, 7) is 1.20. The van der Waals surface area contributed by atoms with Gasteiger partial charge in [-0.15, -0.1) is 0 Å². The molecule has 0 atom stereocenters. The molecule has 0 amide bonds. The molecule has 0 radical (unpaired) electrons. The van der Waals surface area contributed by atoms with E-state index in [2.05, 4.69) is 38.5 Å². The smallest absolute Gasteiger partial charge is 0.121 e. The average Bonchev–Trinajstić information content (AvgIpc) is 2.03. The molecule has 0 heterocycles. The van der Waals surface area contributed by atoms with Crippen LogP contribution in [0, 0.1) is 3.57 Å². The Balaban J connectivity index is 2.56. The van der Waals surface area contributed by atoms with Crippen molar-refractivity contribution in [3.8, 4) is 5.75 Å². The van der Waals surface area contributed by atoms with Gasteiger partial charge in [-0.2, -0.15) is 0 Å². The van der Waals surface area contributed by atoms with Gasteiger partial charge in [-0.3, -0.25) is 0 Å². The zero-order valence-electron chi connectivity index (χ0n) is 7.22. The van der Waals surface area contributed by atoms with Gasteiger partial charge >= 0.3 is 0 Å². The van der Waals surface area contributed by atoms with Gasteiger partial charge in [-0.25, -0.2) is 0 Å². The molecule has 4 heteroatoms. The molecule has 0 aliphatic rings. The Kier molecular flexibility index (Phi) is 5.05. The van der Waals surface area contributed by atoms with Gasteiger partial charge in [0.2, 0.25) is 0 Å². The third-order valence-corrected chi connectivity index (χ3v) is 2.47. The van der Waals surface area contributed by atoms with Crippen LogP contribution in [-0.4, -0.2) is 20.3 Å². The van der Waals surface area contributed by atoms with Crippen LogP contribution in [0.1, 0.15) is 0 Å². The highest BCUT2D eigenvalue weighted by Gasteiger charge is 1.97. The Morgan fingerprint density at radius 2 is 2.08 bits per heavy atom. The van der Waals surface area contributed by atoms with Crippen LogP contribution in [0.15, 0.2) is 22.7 Å². The van der Waals surface area contributed by atoms with Crippen molar-refractivity contribution in [1.82, 2.24) is 0 Å². The number of hydrogen-bond acceptors (Lipinski definition) is 2. The second-order valence-corrected chi connectivity index (χ2v) is 4.61. The number of methoxy groups -OCH3 is 1. The zero-order chi connectivity index (χ0) is 9.68. The summed E-state index contributed by atoms with van der Waals surface area (Å²) in [5.41, 5.74) is 0. The monoisotopic (exact) mass is 356 g/mol. The van der Waals surface area contributed by atoms with Crippen molar-refractivity contribution in [3.63, 3.8) is 0 Å². The highest BCUT2D eigenvalue weighted by Crippen LogP contribution is 2.22. The summed E-state index contributed by atoms with van der Waals surface area (Å²) in [5, 5.41) is 0. The largest absolute Gasteiger partial charge is 0.491 e. The lowest BCUT2D eigenvalue weighted by Gasteiger charge is -2.06. The number of rotatable bonds is 4. The molecular formula is C9H10BrIO2. The number of ether oxygens (including phenoxy) is 2. The van der Waals surface area contributed by atoms with Gasteiger partial charge in [0, 0.05) is 15.2 Å². The van der Waals surface area contributed by atoms with Crippen LogP contribution in [0.25, 0.3) is 0 Å². The SMILES string of the molecule is COCCOc1cc(Br)cc(I)c1. The Morgan fingerprint density at radius 1 is 1.31 bits per heavy atom. The van der Waals surface area contributed by atoms with Gasteiger partial charge in [0.25, 0.3) is 0 Å². The molecule has 72 valence electrons. The third kappa shape index (κ3) is 4.28. The van der Waals surface area contributed by atoms with E-state index >= 15 is 0 Å². The first kappa shape index (κ1) is 11.3. The lowest BCUT2D eigenvalue weighted by atomic mass is 10.3. The maximum Gasteiger partial charge on any atom is 0.121 e. The Bertz CT molecular complexity index is 258. The van der Waals surface area contributed by atoms with E-state index < -0.39 is 0 Å². The molecule has 0 saturated heterocycles. The predicted molar refractivity (Wildman–Crippen MR) is 64.2 cm³/mol. The second kappa shape index (κ2) is 5.82. The van der Waals surface area contributed by atoms with E-state index in [4.69, 9.17) is 9.47 Å². The Labute approximate surface area is 99.9 Å². The molecule has 1 aromatic carbocycles. The molecule has 0 aliphatic carbocycles. The van der Waals surface area contributed by atoms with Crippen LogP contribution < -0.4 is 4.74 Å².